The molecule has 21 heavy (non-hydrogen) atoms. The maximum Gasteiger partial charge on any atom is 0.158 e. The molecule has 1 heterocycles. The molecule has 0 radical (unpaired) electrons. The number of anilines is 2. The van der Waals surface area contributed by atoms with E-state index in [-0.39, 0.29) is 11.5 Å². The predicted molar refractivity (Wildman–Crippen MR) is 81.8 cm³/mol. The first-order chi connectivity index (χ1) is 10.0. The second-order valence-electron chi connectivity index (χ2n) is 5.83. The maximum absolute atomic E-state index is 5.74. The lowest BCUT2D eigenvalue weighted by Crippen LogP contribution is -2.58. The van der Waals surface area contributed by atoms with Crippen LogP contribution in [-0.4, -0.2) is 35.8 Å². The highest BCUT2D eigenvalue weighted by molar-refractivity contribution is 5.48. The van der Waals surface area contributed by atoms with Gasteiger partial charge in [-0.15, -0.1) is 0 Å². The van der Waals surface area contributed by atoms with Crippen molar-refractivity contribution in [1.29, 1.82) is 0 Å². The summed E-state index contributed by atoms with van der Waals surface area (Å²) in [6.07, 6.45) is 1.25. The number of aromatic nitrogens is 2. The lowest BCUT2D eigenvalue weighted by molar-refractivity contribution is -0.0976. The van der Waals surface area contributed by atoms with Gasteiger partial charge in [-0.2, -0.15) is 0 Å². The van der Waals surface area contributed by atoms with E-state index in [4.69, 9.17) is 15.3 Å². The summed E-state index contributed by atoms with van der Waals surface area (Å²) in [5.41, 5.74) is 2.62. The molecule has 7 nitrogen and oxygen atoms in total. The third-order valence-corrected chi connectivity index (χ3v) is 4.06. The molecular weight excluding hydrogens is 270 g/mol. The van der Waals surface area contributed by atoms with Crippen LogP contribution in [-0.2, 0) is 16.1 Å². The quantitative estimate of drug-likeness (QED) is 0.518. The minimum atomic E-state index is 0.0681. The van der Waals surface area contributed by atoms with Crippen molar-refractivity contribution in [3.8, 4) is 0 Å². The Hall–Kier alpha value is -1.44. The molecule has 1 aliphatic rings. The molecule has 1 aliphatic carbocycles. The standard InChI is InChI=1S/C14H25N5O2/c1-5-21-10-6-9(14(10,2)3)16-11-7-12(19-15)18-13(17-11)8-20-4/h7,9-10H,5-6,8,15H2,1-4H3,(H2,16,17,18,19). The number of rotatable bonds is 7. The molecule has 0 aromatic carbocycles. The van der Waals surface area contributed by atoms with Gasteiger partial charge in [0.15, 0.2) is 5.82 Å². The van der Waals surface area contributed by atoms with E-state index in [1.54, 1.807) is 13.2 Å². The fraction of sp³-hybridized carbons (Fsp3) is 0.714. The van der Waals surface area contributed by atoms with Crippen LogP contribution in [0.2, 0.25) is 0 Å². The van der Waals surface area contributed by atoms with Crippen LogP contribution < -0.4 is 16.6 Å². The molecule has 0 saturated heterocycles. The first kappa shape index (κ1) is 15.9. The number of nitrogens with one attached hydrogen (secondary N) is 2. The summed E-state index contributed by atoms with van der Waals surface area (Å²) < 4.78 is 10.8. The second-order valence-corrected chi connectivity index (χ2v) is 5.83. The van der Waals surface area contributed by atoms with Gasteiger partial charge < -0.3 is 20.2 Å². The lowest BCUT2D eigenvalue weighted by Gasteiger charge is -2.51. The molecule has 1 saturated carbocycles. The van der Waals surface area contributed by atoms with Crippen molar-refractivity contribution in [2.45, 2.75) is 45.9 Å². The van der Waals surface area contributed by atoms with E-state index < -0.39 is 0 Å². The molecule has 1 fully saturated rings. The van der Waals surface area contributed by atoms with E-state index in [0.717, 1.165) is 18.8 Å². The molecule has 4 N–H and O–H groups in total. The zero-order valence-corrected chi connectivity index (χ0v) is 13.1. The Bertz CT molecular complexity index is 480. The van der Waals surface area contributed by atoms with Crippen LogP contribution >= 0.6 is 0 Å². The molecule has 0 amide bonds. The highest BCUT2D eigenvalue weighted by Crippen LogP contribution is 2.44. The number of hydrogen-bond donors (Lipinski definition) is 3. The minimum Gasteiger partial charge on any atom is -0.378 e. The third kappa shape index (κ3) is 3.42. The molecule has 2 atom stereocenters. The van der Waals surface area contributed by atoms with Gasteiger partial charge in [-0.3, -0.25) is 0 Å². The monoisotopic (exact) mass is 295 g/mol. The van der Waals surface area contributed by atoms with Crippen LogP contribution in [0.3, 0.4) is 0 Å². The van der Waals surface area contributed by atoms with Crippen molar-refractivity contribution in [1.82, 2.24) is 9.97 Å². The zero-order valence-electron chi connectivity index (χ0n) is 13.1. The summed E-state index contributed by atoms with van der Waals surface area (Å²) in [4.78, 5) is 8.68. The van der Waals surface area contributed by atoms with E-state index in [9.17, 15) is 0 Å². The lowest BCUT2D eigenvalue weighted by atomic mass is 9.64. The van der Waals surface area contributed by atoms with E-state index in [2.05, 4.69) is 34.6 Å². The van der Waals surface area contributed by atoms with Crippen molar-refractivity contribution in [3.05, 3.63) is 11.9 Å². The Morgan fingerprint density at radius 3 is 2.67 bits per heavy atom. The van der Waals surface area contributed by atoms with E-state index in [1.807, 2.05) is 6.92 Å². The van der Waals surface area contributed by atoms with Crippen LogP contribution in [0.1, 0.15) is 33.0 Å². The Balaban J connectivity index is 2.08. The van der Waals surface area contributed by atoms with E-state index >= 15 is 0 Å². The van der Waals surface area contributed by atoms with Gasteiger partial charge in [-0.1, -0.05) is 13.8 Å². The van der Waals surface area contributed by atoms with Crippen LogP contribution in [0.15, 0.2) is 6.07 Å². The van der Waals surface area contributed by atoms with Crippen LogP contribution in [0, 0.1) is 5.41 Å². The maximum atomic E-state index is 5.74. The first-order valence-corrected chi connectivity index (χ1v) is 7.22. The van der Waals surface area contributed by atoms with Gasteiger partial charge in [0, 0.05) is 31.2 Å². The molecule has 0 bridgehead atoms. The van der Waals surface area contributed by atoms with Crippen molar-refractivity contribution >= 4 is 11.6 Å². The molecule has 0 aliphatic heterocycles. The Kier molecular flexibility index (Phi) is 4.97. The SMILES string of the molecule is CCOC1CC(Nc2cc(NN)nc(COC)n2)C1(C)C. The van der Waals surface area contributed by atoms with Gasteiger partial charge in [-0.25, -0.2) is 15.8 Å². The van der Waals surface area contributed by atoms with E-state index in [0.29, 0.717) is 24.3 Å². The molecule has 2 rings (SSSR count). The van der Waals surface area contributed by atoms with Crippen molar-refractivity contribution < 1.29 is 9.47 Å². The van der Waals surface area contributed by atoms with Gasteiger partial charge in [0.2, 0.25) is 0 Å². The summed E-state index contributed by atoms with van der Waals surface area (Å²) in [6, 6.07) is 2.11. The zero-order chi connectivity index (χ0) is 15.5. The smallest absolute Gasteiger partial charge is 0.158 e. The number of ether oxygens (including phenoxy) is 2. The largest absolute Gasteiger partial charge is 0.378 e. The van der Waals surface area contributed by atoms with Crippen LogP contribution in [0.5, 0.6) is 0 Å². The summed E-state index contributed by atoms with van der Waals surface area (Å²) in [7, 11) is 1.61. The number of hydrazine groups is 1. The number of hydrogen-bond acceptors (Lipinski definition) is 7. The van der Waals surface area contributed by atoms with Gasteiger partial charge in [0.25, 0.3) is 0 Å². The minimum absolute atomic E-state index is 0.0681. The Morgan fingerprint density at radius 1 is 1.38 bits per heavy atom. The van der Waals surface area contributed by atoms with Crippen LogP contribution in [0.4, 0.5) is 11.6 Å². The summed E-state index contributed by atoms with van der Waals surface area (Å²) >= 11 is 0. The third-order valence-electron chi connectivity index (χ3n) is 4.06. The van der Waals surface area contributed by atoms with Crippen LogP contribution in [0.25, 0.3) is 0 Å². The molecule has 1 aromatic heterocycles. The average Bonchev–Trinajstić information content (AvgIpc) is 2.46. The van der Waals surface area contributed by atoms with Gasteiger partial charge in [-0.05, 0) is 13.3 Å². The summed E-state index contributed by atoms with van der Waals surface area (Å²) in [5, 5.41) is 3.45. The number of nitrogens with two attached hydrogens (primary N) is 1. The molecular formula is C14H25N5O2. The van der Waals surface area contributed by atoms with Gasteiger partial charge in [0.1, 0.15) is 18.2 Å². The van der Waals surface area contributed by atoms with E-state index in [1.165, 1.54) is 0 Å². The summed E-state index contributed by atoms with van der Waals surface area (Å²) in [6.45, 7) is 7.52. The summed E-state index contributed by atoms with van der Waals surface area (Å²) in [5.74, 6) is 7.35. The number of methoxy groups -OCH3 is 1. The number of nitrogens with zero attached hydrogens (tertiary/aromatic N) is 2. The Morgan fingerprint density at radius 2 is 2.10 bits per heavy atom. The normalized spacial score (nSPS) is 23.5. The van der Waals surface area contributed by atoms with Gasteiger partial charge in [0.05, 0.1) is 6.10 Å². The molecule has 1 aromatic rings. The highest BCUT2D eigenvalue weighted by atomic mass is 16.5. The molecule has 7 heteroatoms. The van der Waals surface area contributed by atoms with Gasteiger partial charge >= 0.3 is 0 Å². The van der Waals surface area contributed by atoms with Crippen molar-refractivity contribution in [2.75, 3.05) is 24.5 Å². The molecule has 2 unspecified atom stereocenters. The average molecular weight is 295 g/mol. The van der Waals surface area contributed by atoms with Crippen molar-refractivity contribution in [3.63, 3.8) is 0 Å². The fourth-order valence-electron chi connectivity index (χ4n) is 2.63. The second kappa shape index (κ2) is 6.55. The first-order valence-electron chi connectivity index (χ1n) is 7.22. The molecule has 0 spiro atoms. The Labute approximate surface area is 125 Å². The van der Waals surface area contributed by atoms with Crippen molar-refractivity contribution in [2.24, 2.45) is 11.3 Å². The molecule has 118 valence electrons. The fourth-order valence-corrected chi connectivity index (χ4v) is 2.63. The predicted octanol–water partition coefficient (Wildman–Crippen LogP) is 1.52. The topological polar surface area (TPSA) is 94.3 Å². The number of nitrogen functional groups attached to an aromatic ring is 1. The highest BCUT2D eigenvalue weighted by Gasteiger charge is 2.49.